The van der Waals surface area contributed by atoms with Gasteiger partial charge < -0.3 is 10.1 Å². The van der Waals surface area contributed by atoms with Gasteiger partial charge in [0.25, 0.3) is 5.91 Å². The van der Waals surface area contributed by atoms with Crippen LogP contribution in [0.4, 0.5) is 5.69 Å². The number of ether oxygens (including phenoxy) is 1. The van der Waals surface area contributed by atoms with Gasteiger partial charge in [0.05, 0.1) is 0 Å². The molecule has 23 heavy (non-hydrogen) atoms. The summed E-state index contributed by atoms with van der Waals surface area (Å²) in [4.78, 5) is 25.5. The quantitative estimate of drug-likeness (QED) is 0.813. The van der Waals surface area contributed by atoms with E-state index in [4.69, 9.17) is 16.3 Å². The third kappa shape index (κ3) is 4.56. The number of aryl methyl sites for hydroxylation is 3. The average Bonchev–Trinajstić information content (AvgIpc) is 2.89. The van der Waals surface area contributed by atoms with Gasteiger partial charge in [-0.25, -0.2) is 4.79 Å². The Hall–Kier alpha value is -1.85. The Labute approximate surface area is 144 Å². The van der Waals surface area contributed by atoms with Crippen molar-refractivity contribution >= 4 is 40.5 Å². The van der Waals surface area contributed by atoms with Crippen LogP contribution in [0.2, 0.25) is 5.02 Å². The van der Waals surface area contributed by atoms with Gasteiger partial charge in [0.15, 0.2) is 6.61 Å². The van der Waals surface area contributed by atoms with Crippen LogP contribution in [0.25, 0.3) is 0 Å². The molecule has 0 atom stereocenters. The van der Waals surface area contributed by atoms with Gasteiger partial charge in [0.2, 0.25) is 0 Å². The first-order chi connectivity index (χ1) is 10.9. The van der Waals surface area contributed by atoms with E-state index in [2.05, 4.69) is 5.32 Å². The highest BCUT2D eigenvalue weighted by Crippen LogP contribution is 2.23. The van der Waals surface area contributed by atoms with Gasteiger partial charge >= 0.3 is 5.97 Å². The number of rotatable bonds is 5. The first-order valence-electron chi connectivity index (χ1n) is 7.23. The second-order valence-electron chi connectivity index (χ2n) is 5.16. The zero-order chi connectivity index (χ0) is 17.0. The molecule has 0 radical (unpaired) electrons. The minimum Gasteiger partial charge on any atom is -0.451 e. The van der Waals surface area contributed by atoms with Crippen molar-refractivity contribution in [2.45, 2.75) is 27.2 Å². The normalized spacial score (nSPS) is 10.4. The van der Waals surface area contributed by atoms with Crippen molar-refractivity contribution in [1.29, 1.82) is 0 Å². The van der Waals surface area contributed by atoms with E-state index in [1.165, 1.54) is 11.3 Å². The number of esters is 1. The second kappa shape index (κ2) is 7.62. The Morgan fingerprint density at radius 2 is 1.96 bits per heavy atom. The largest absolute Gasteiger partial charge is 0.451 e. The molecular formula is C17H18ClNO3S. The molecule has 0 bridgehead atoms. The van der Waals surface area contributed by atoms with Gasteiger partial charge in [-0.15, -0.1) is 11.3 Å². The van der Waals surface area contributed by atoms with Gasteiger partial charge in [-0.1, -0.05) is 24.6 Å². The molecular weight excluding hydrogens is 334 g/mol. The minimum atomic E-state index is -0.477. The molecule has 122 valence electrons. The molecule has 6 heteroatoms. The number of halogens is 1. The molecule has 2 aromatic rings. The monoisotopic (exact) mass is 351 g/mol. The molecule has 1 aromatic carbocycles. The lowest BCUT2D eigenvalue weighted by Crippen LogP contribution is -2.20. The molecule has 1 N–H and O–H groups in total. The fourth-order valence-corrected chi connectivity index (χ4v) is 3.23. The number of carbonyl (C=O) groups excluding carboxylic acids is 2. The van der Waals surface area contributed by atoms with Gasteiger partial charge in [0, 0.05) is 15.6 Å². The van der Waals surface area contributed by atoms with Crippen molar-refractivity contribution in [2.75, 3.05) is 11.9 Å². The molecule has 0 aliphatic carbocycles. The molecule has 0 fully saturated rings. The maximum absolute atomic E-state index is 12.0. The van der Waals surface area contributed by atoms with E-state index >= 15 is 0 Å². The minimum absolute atomic E-state index is 0.331. The topological polar surface area (TPSA) is 55.4 Å². The fourth-order valence-electron chi connectivity index (χ4n) is 2.04. The Balaban J connectivity index is 1.90. The molecule has 0 spiro atoms. The third-order valence-corrected chi connectivity index (χ3v) is 5.10. The number of thiophene rings is 1. The van der Waals surface area contributed by atoms with E-state index in [0.29, 0.717) is 15.6 Å². The highest BCUT2D eigenvalue weighted by molar-refractivity contribution is 7.14. The summed E-state index contributed by atoms with van der Waals surface area (Å²) in [6.45, 7) is 5.54. The number of hydrogen-bond acceptors (Lipinski definition) is 4. The summed E-state index contributed by atoms with van der Waals surface area (Å²) in [5.74, 6) is -0.878. The predicted octanol–water partition coefficient (Wildman–Crippen LogP) is 4.38. The predicted molar refractivity (Wildman–Crippen MR) is 93.5 cm³/mol. The number of amides is 1. The smallest absolute Gasteiger partial charge is 0.348 e. The molecule has 1 heterocycles. The Morgan fingerprint density at radius 3 is 2.57 bits per heavy atom. The molecule has 0 saturated heterocycles. The van der Waals surface area contributed by atoms with Gasteiger partial charge in [-0.3, -0.25) is 4.79 Å². The highest BCUT2D eigenvalue weighted by atomic mass is 35.5. The third-order valence-electron chi connectivity index (χ3n) is 3.33. The van der Waals surface area contributed by atoms with Crippen molar-refractivity contribution < 1.29 is 14.3 Å². The van der Waals surface area contributed by atoms with Crippen LogP contribution in [0.5, 0.6) is 0 Å². The van der Waals surface area contributed by atoms with Crippen molar-refractivity contribution in [1.82, 2.24) is 0 Å². The molecule has 2 rings (SSSR count). The van der Waals surface area contributed by atoms with Crippen LogP contribution in [0.1, 0.15) is 32.6 Å². The van der Waals surface area contributed by atoms with Gasteiger partial charge in [-0.05, 0) is 49.6 Å². The standard InChI is InChI=1S/C17H18ClNO3S/c1-4-14-11(3)7-15(23-14)17(21)22-9-16(20)19-12-6-5-10(2)13(18)8-12/h5-8H,4,9H2,1-3H3,(H,19,20). The van der Waals surface area contributed by atoms with Crippen LogP contribution in [0, 0.1) is 13.8 Å². The average molecular weight is 352 g/mol. The zero-order valence-corrected chi connectivity index (χ0v) is 14.8. The van der Waals surface area contributed by atoms with Crippen LogP contribution in [-0.4, -0.2) is 18.5 Å². The summed E-state index contributed by atoms with van der Waals surface area (Å²) in [5, 5.41) is 3.22. The second-order valence-corrected chi connectivity index (χ2v) is 6.70. The van der Waals surface area contributed by atoms with Crippen LogP contribution in [-0.2, 0) is 16.0 Å². The Bertz CT molecular complexity index is 739. The number of anilines is 1. The van der Waals surface area contributed by atoms with E-state index in [-0.39, 0.29) is 6.61 Å². The number of carbonyl (C=O) groups is 2. The zero-order valence-electron chi connectivity index (χ0n) is 13.2. The fraction of sp³-hybridized carbons (Fsp3) is 0.294. The number of benzene rings is 1. The van der Waals surface area contributed by atoms with Gasteiger partial charge in [-0.2, -0.15) is 0 Å². The van der Waals surface area contributed by atoms with Crippen molar-refractivity contribution in [3.63, 3.8) is 0 Å². The maximum atomic E-state index is 12.0. The van der Waals surface area contributed by atoms with Crippen LogP contribution < -0.4 is 5.32 Å². The van der Waals surface area contributed by atoms with Crippen LogP contribution in [0.3, 0.4) is 0 Å². The van der Waals surface area contributed by atoms with E-state index in [1.807, 2.05) is 26.8 Å². The highest BCUT2D eigenvalue weighted by Gasteiger charge is 2.14. The summed E-state index contributed by atoms with van der Waals surface area (Å²) in [6.07, 6.45) is 0.873. The Kier molecular flexibility index (Phi) is 5.80. The summed E-state index contributed by atoms with van der Waals surface area (Å²) in [7, 11) is 0. The van der Waals surface area contributed by atoms with Crippen LogP contribution in [0.15, 0.2) is 24.3 Å². The van der Waals surface area contributed by atoms with Gasteiger partial charge in [0.1, 0.15) is 4.88 Å². The first-order valence-corrected chi connectivity index (χ1v) is 8.42. The molecule has 0 saturated carbocycles. The SMILES string of the molecule is CCc1sc(C(=O)OCC(=O)Nc2ccc(C)c(Cl)c2)cc1C. The van der Waals surface area contributed by atoms with Crippen molar-refractivity contribution in [2.24, 2.45) is 0 Å². The van der Waals surface area contributed by atoms with Crippen molar-refractivity contribution in [3.8, 4) is 0 Å². The van der Waals surface area contributed by atoms with Crippen LogP contribution >= 0.6 is 22.9 Å². The summed E-state index contributed by atoms with van der Waals surface area (Å²) in [6, 6.07) is 7.01. The van der Waals surface area contributed by atoms with Crippen molar-refractivity contribution in [3.05, 3.63) is 50.2 Å². The van der Waals surface area contributed by atoms with E-state index in [1.54, 1.807) is 18.2 Å². The van der Waals surface area contributed by atoms with E-state index in [9.17, 15) is 9.59 Å². The number of nitrogens with one attached hydrogen (secondary N) is 1. The molecule has 0 unspecified atom stereocenters. The molecule has 1 amide bonds. The maximum Gasteiger partial charge on any atom is 0.348 e. The van der Waals surface area contributed by atoms with E-state index < -0.39 is 11.9 Å². The molecule has 0 aliphatic rings. The van der Waals surface area contributed by atoms with E-state index in [0.717, 1.165) is 22.4 Å². The lowest BCUT2D eigenvalue weighted by molar-refractivity contribution is -0.119. The molecule has 1 aromatic heterocycles. The summed E-state index contributed by atoms with van der Waals surface area (Å²) >= 11 is 7.40. The summed E-state index contributed by atoms with van der Waals surface area (Å²) < 4.78 is 5.06. The molecule has 4 nitrogen and oxygen atoms in total. The molecule has 0 aliphatic heterocycles. The summed E-state index contributed by atoms with van der Waals surface area (Å²) in [5.41, 5.74) is 2.57. The lowest BCUT2D eigenvalue weighted by atomic mass is 10.2. The lowest BCUT2D eigenvalue weighted by Gasteiger charge is -2.07. The Morgan fingerprint density at radius 1 is 1.22 bits per heavy atom. The first kappa shape index (κ1) is 17.5. The number of hydrogen-bond donors (Lipinski definition) is 1.